The van der Waals surface area contributed by atoms with E-state index in [0.29, 0.717) is 12.3 Å². The minimum absolute atomic E-state index is 0.0965. The molecule has 0 amide bonds. The van der Waals surface area contributed by atoms with Crippen LogP contribution in [-0.2, 0) is 26.2 Å². The molecule has 5 nitrogen and oxygen atoms in total. The van der Waals surface area contributed by atoms with Crippen LogP contribution in [0, 0.1) is 0 Å². The number of ether oxygens (including phenoxy) is 1. The summed E-state index contributed by atoms with van der Waals surface area (Å²) in [5.74, 6) is 0.755. The van der Waals surface area contributed by atoms with Gasteiger partial charge in [-0.2, -0.15) is 18.3 Å². The third-order valence-corrected chi connectivity index (χ3v) is 3.59. The van der Waals surface area contributed by atoms with E-state index < -0.39 is 11.7 Å². The number of anilines is 1. The average molecular weight is 349 g/mol. The Morgan fingerprint density at radius 1 is 1.39 bits per heavy atom. The van der Waals surface area contributed by atoms with Gasteiger partial charge in [-0.1, -0.05) is 18.5 Å². The molecule has 0 spiro atoms. The largest absolute Gasteiger partial charge is 0.481 e. The van der Waals surface area contributed by atoms with Crippen LogP contribution in [0.5, 0.6) is 5.88 Å². The highest BCUT2D eigenvalue weighted by Crippen LogP contribution is 2.32. The molecule has 0 saturated heterocycles. The number of hydrogen-bond donors (Lipinski definition) is 1. The van der Waals surface area contributed by atoms with Crippen LogP contribution < -0.4 is 10.1 Å². The van der Waals surface area contributed by atoms with E-state index in [4.69, 9.17) is 16.3 Å². The molecule has 0 aliphatic heterocycles. The summed E-state index contributed by atoms with van der Waals surface area (Å²) in [5.41, 5.74) is 0.761. The first-order valence-corrected chi connectivity index (χ1v) is 7.21. The zero-order chi connectivity index (χ0) is 17.2. The number of methoxy groups -OCH3 is 1. The highest BCUT2D eigenvalue weighted by atomic mass is 35.5. The van der Waals surface area contributed by atoms with Crippen molar-refractivity contribution in [1.82, 2.24) is 14.8 Å². The van der Waals surface area contributed by atoms with Crippen molar-refractivity contribution in [2.45, 2.75) is 26.1 Å². The summed E-state index contributed by atoms with van der Waals surface area (Å²) in [6.07, 6.45) is -3.03. The molecular weight excluding hydrogens is 333 g/mol. The van der Waals surface area contributed by atoms with Crippen LogP contribution in [-0.4, -0.2) is 21.9 Å². The zero-order valence-corrected chi connectivity index (χ0v) is 13.6. The van der Waals surface area contributed by atoms with Gasteiger partial charge in [0.1, 0.15) is 5.82 Å². The Morgan fingerprint density at radius 2 is 2.09 bits per heavy atom. The number of aromatic nitrogens is 3. The van der Waals surface area contributed by atoms with Gasteiger partial charge in [-0.05, 0) is 12.5 Å². The van der Waals surface area contributed by atoms with Crippen LogP contribution in [0.2, 0.25) is 5.02 Å². The van der Waals surface area contributed by atoms with E-state index in [1.807, 2.05) is 6.92 Å². The molecular formula is C14H16ClF3N4O. The molecule has 9 heteroatoms. The van der Waals surface area contributed by atoms with Gasteiger partial charge in [0.15, 0.2) is 0 Å². The molecule has 2 aromatic heterocycles. The van der Waals surface area contributed by atoms with Crippen molar-refractivity contribution in [3.63, 3.8) is 0 Å². The Balaban J connectivity index is 2.22. The molecule has 2 rings (SSSR count). The summed E-state index contributed by atoms with van der Waals surface area (Å²) < 4.78 is 44.7. The second-order valence-electron chi connectivity index (χ2n) is 4.82. The third kappa shape index (κ3) is 3.69. The Bertz CT molecular complexity index is 700. The van der Waals surface area contributed by atoms with Gasteiger partial charge >= 0.3 is 6.18 Å². The zero-order valence-electron chi connectivity index (χ0n) is 12.8. The van der Waals surface area contributed by atoms with Crippen LogP contribution in [0.3, 0.4) is 0 Å². The molecule has 2 heterocycles. The first-order valence-electron chi connectivity index (χ1n) is 6.83. The Labute approximate surface area is 136 Å². The summed E-state index contributed by atoms with van der Waals surface area (Å²) in [5, 5.41) is 7.16. The molecule has 0 aromatic carbocycles. The molecule has 0 radical (unpaired) electrons. The van der Waals surface area contributed by atoms with Gasteiger partial charge in [-0.25, -0.2) is 9.67 Å². The van der Waals surface area contributed by atoms with Crippen molar-refractivity contribution in [3.05, 3.63) is 34.1 Å². The van der Waals surface area contributed by atoms with E-state index in [-0.39, 0.29) is 17.4 Å². The van der Waals surface area contributed by atoms with Crippen molar-refractivity contribution < 1.29 is 17.9 Å². The highest BCUT2D eigenvalue weighted by Gasteiger charge is 2.31. The third-order valence-electron chi connectivity index (χ3n) is 3.30. The van der Waals surface area contributed by atoms with Gasteiger partial charge in [0.05, 0.1) is 29.0 Å². The van der Waals surface area contributed by atoms with Crippen LogP contribution in [0.15, 0.2) is 12.3 Å². The maximum Gasteiger partial charge on any atom is 0.417 e. The van der Waals surface area contributed by atoms with E-state index in [9.17, 15) is 13.2 Å². The SMILES string of the molecule is CCc1nn(C)c(OC)c1CNc1ncc(C(F)(F)F)cc1Cl. The van der Waals surface area contributed by atoms with Gasteiger partial charge in [-0.15, -0.1) is 0 Å². The number of nitrogens with one attached hydrogen (secondary N) is 1. The molecule has 0 unspecified atom stereocenters. The minimum atomic E-state index is -4.48. The number of hydrogen-bond acceptors (Lipinski definition) is 4. The lowest BCUT2D eigenvalue weighted by Gasteiger charge is -2.11. The number of halogens is 4. The molecule has 2 aromatic rings. The predicted octanol–water partition coefficient (Wildman–Crippen LogP) is 3.67. The van der Waals surface area contributed by atoms with Crippen LogP contribution in [0.25, 0.3) is 0 Å². The maximum absolute atomic E-state index is 12.6. The lowest BCUT2D eigenvalue weighted by Crippen LogP contribution is -2.09. The Kier molecular flexibility index (Phi) is 5.03. The number of alkyl halides is 3. The van der Waals surface area contributed by atoms with Crippen molar-refractivity contribution in [2.24, 2.45) is 7.05 Å². The van der Waals surface area contributed by atoms with E-state index in [0.717, 1.165) is 23.5 Å². The molecule has 1 N–H and O–H groups in total. The fourth-order valence-corrected chi connectivity index (χ4v) is 2.45. The molecule has 0 aliphatic rings. The summed E-state index contributed by atoms with van der Waals surface area (Å²) >= 11 is 5.88. The van der Waals surface area contributed by atoms with Crippen LogP contribution >= 0.6 is 11.6 Å². The molecule has 0 saturated carbocycles. The second kappa shape index (κ2) is 6.66. The summed E-state index contributed by atoms with van der Waals surface area (Å²) in [6.45, 7) is 2.24. The standard InChI is InChI=1S/C14H16ClF3N4O/c1-4-11-9(13(23-3)22(2)21-11)7-20-12-10(15)5-8(6-19-12)14(16,17)18/h5-6H,4,7H2,1-3H3,(H,19,20). The minimum Gasteiger partial charge on any atom is -0.481 e. The number of rotatable bonds is 5. The Hall–Kier alpha value is -1.96. The molecule has 126 valence electrons. The second-order valence-corrected chi connectivity index (χ2v) is 5.22. The van der Waals surface area contributed by atoms with Gasteiger partial charge in [0.25, 0.3) is 0 Å². The predicted molar refractivity (Wildman–Crippen MR) is 80.7 cm³/mol. The summed E-state index contributed by atoms with van der Waals surface area (Å²) in [7, 11) is 3.29. The van der Waals surface area contributed by atoms with E-state index in [1.165, 1.54) is 7.11 Å². The average Bonchev–Trinajstić information content (AvgIpc) is 2.80. The molecule has 0 aliphatic carbocycles. The van der Waals surface area contributed by atoms with Crippen molar-refractivity contribution in [2.75, 3.05) is 12.4 Å². The highest BCUT2D eigenvalue weighted by molar-refractivity contribution is 6.32. The lowest BCUT2D eigenvalue weighted by atomic mass is 10.2. The molecule has 0 fully saturated rings. The summed E-state index contributed by atoms with van der Waals surface area (Å²) in [6, 6.07) is 0.845. The molecule has 23 heavy (non-hydrogen) atoms. The molecule has 0 atom stereocenters. The van der Waals surface area contributed by atoms with Crippen molar-refractivity contribution in [3.8, 4) is 5.88 Å². The topological polar surface area (TPSA) is 52.0 Å². The normalized spacial score (nSPS) is 11.6. The fourth-order valence-electron chi connectivity index (χ4n) is 2.22. The van der Waals surface area contributed by atoms with Crippen LogP contribution in [0.4, 0.5) is 19.0 Å². The number of aryl methyl sites for hydroxylation is 2. The van der Waals surface area contributed by atoms with Crippen LogP contribution in [0.1, 0.15) is 23.7 Å². The maximum atomic E-state index is 12.6. The van der Waals surface area contributed by atoms with Gasteiger partial charge in [-0.3, -0.25) is 0 Å². The van der Waals surface area contributed by atoms with E-state index >= 15 is 0 Å². The quantitative estimate of drug-likeness (QED) is 0.895. The van der Waals surface area contributed by atoms with E-state index in [1.54, 1.807) is 11.7 Å². The van der Waals surface area contributed by atoms with Gasteiger partial charge in [0, 0.05) is 19.8 Å². The van der Waals surface area contributed by atoms with Crippen molar-refractivity contribution >= 4 is 17.4 Å². The smallest absolute Gasteiger partial charge is 0.417 e. The first-order chi connectivity index (χ1) is 10.8. The van der Waals surface area contributed by atoms with E-state index in [2.05, 4.69) is 15.4 Å². The van der Waals surface area contributed by atoms with Gasteiger partial charge in [0.2, 0.25) is 5.88 Å². The van der Waals surface area contributed by atoms with Gasteiger partial charge < -0.3 is 10.1 Å². The number of pyridine rings is 1. The monoisotopic (exact) mass is 348 g/mol. The van der Waals surface area contributed by atoms with Crippen molar-refractivity contribution in [1.29, 1.82) is 0 Å². The first kappa shape index (κ1) is 17.4. The molecule has 0 bridgehead atoms. The lowest BCUT2D eigenvalue weighted by molar-refractivity contribution is -0.137. The fraction of sp³-hybridized carbons (Fsp3) is 0.429. The summed E-state index contributed by atoms with van der Waals surface area (Å²) in [4.78, 5) is 3.75. The Morgan fingerprint density at radius 3 is 2.61 bits per heavy atom. The number of nitrogens with zero attached hydrogens (tertiary/aromatic N) is 3.